The van der Waals surface area contributed by atoms with Gasteiger partial charge in [-0.1, -0.05) is 12.1 Å². The Morgan fingerprint density at radius 3 is 2.78 bits per heavy atom. The molecule has 0 bridgehead atoms. The predicted molar refractivity (Wildman–Crippen MR) is 103 cm³/mol. The monoisotopic (exact) mass is 365 g/mol. The number of nitrogens with zero attached hydrogens (tertiary/aromatic N) is 6. The van der Waals surface area contributed by atoms with Crippen LogP contribution in [0.2, 0.25) is 0 Å². The van der Waals surface area contributed by atoms with Crippen molar-refractivity contribution in [2.24, 2.45) is 0 Å². The van der Waals surface area contributed by atoms with E-state index in [1.54, 1.807) is 12.5 Å². The molecule has 0 amide bonds. The molecule has 1 saturated heterocycles. The minimum absolute atomic E-state index is 0.376. The van der Waals surface area contributed by atoms with E-state index < -0.39 is 0 Å². The Bertz CT molecular complexity index is 902. The molecular formula is C19H23N7O. The third-order valence-corrected chi connectivity index (χ3v) is 4.78. The largest absolute Gasteiger partial charge is 0.367 e. The number of anilines is 2. The number of rotatable bonds is 5. The highest BCUT2D eigenvalue weighted by Crippen LogP contribution is 2.23. The molecule has 4 rings (SSSR count). The highest BCUT2D eigenvalue weighted by Gasteiger charge is 2.21. The second-order valence-electron chi connectivity index (χ2n) is 6.70. The van der Waals surface area contributed by atoms with Crippen LogP contribution in [0.25, 0.3) is 11.5 Å². The first-order chi connectivity index (χ1) is 13.2. The number of nitrogens with one attached hydrogen (secondary N) is 1. The molecule has 1 aliphatic rings. The van der Waals surface area contributed by atoms with Gasteiger partial charge in [0.15, 0.2) is 5.82 Å². The number of piperidine rings is 1. The zero-order valence-electron chi connectivity index (χ0n) is 15.6. The molecule has 8 heteroatoms. The number of aryl methyl sites for hydroxylation is 2. The van der Waals surface area contributed by atoms with Gasteiger partial charge in [0.2, 0.25) is 0 Å². The van der Waals surface area contributed by atoms with E-state index in [0.29, 0.717) is 17.8 Å². The van der Waals surface area contributed by atoms with Crippen molar-refractivity contribution in [1.82, 2.24) is 25.1 Å². The molecule has 0 saturated carbocycles. The summed E-state index contributed by atoms with van der Waals surface area (Å²) in [7, 11) is 0. The van der Waals surface area contributed by atoms with E-state index in [9.17, 15) is 0 Å². The predicted octanol–water partition coefficient (Wildman–Crippen LogP) is 2.87. The molecule has 0 unspecified atom stereocenters. The minimum Gasteiger partial charge on any atom is -0.367 e. The zero-order valence-corrected chi connectivity index (χ0v) is 15.6. The van der Waals surface area contributed by atoms with Gasteiger partial charge in [-0.3, -0.25) is 0 Å². The quantitative estimate of drug-likeness (QED) is 0.738. The van der Waals surface area contributed by atoms with Crippen molar-refractivity contribution in [2.75, 3.05) is 23.3 Å². The summed E-state index contributed by atoms with van der Waals surface area (Å²) in [5.74, 6) is 2.99. The fourth-order valence-corrected chi connectivity index (χ4v) is 3.27. The summed E-state index contributed by atoms with van der Waals surface area (Å²) in [5, 5.41) is 7.38. The molecule has 8 nitrogen and oxygen atoms in total. The second-order valence-corrected chi connectivity index (χ2v) is 6.70. The third-order valence-electron chi connectivity index (χ3n) is 4.78. The van der Waals surface area contributed by atoms with Gasteiger partial charge in [-0.05, 0) is 38.3 Å². The Balaban J connectivity index is 1.38. The van der Waals surface area contributed by atoms with E-state index in [2.05, 4.69) is 48.3 Å². The van der Waals surface area contributed by atoms with Crippen LogP contribution >= 0.6 is 0 Å². The van der Waals surface area contributed by atoms with Gasteiger partial charge < -0.3 is 14.7 Å². The lowest BCUT2D eigenvalue weighted by Crippen LogP contribution is -2.39. The summed E-state index contributed by atoms with van der Waals surface area (Å²) >= 11 is 0. The van der Waals surface area contributed by atoms with Crippen LogP contribution < -0.4 is 10.2 Å². The van der Waals surface area contributed by atoms with E-state index in [0.717, 1.165) is 55.2 Å². The van der Waals surface area contributed by atoms with Crippen LogP contribution in [0.3, 0.4) is 0 Å². The van der Waals surface area contributed by atoms with Gasteiger partial charge in [-0.2, -0.15) is 4.98 Å². The molecule has 0 aliphatic carbocycles. The van der Waals surface area contributed by atoms with Crippen LogP contribution in [0.15, 0.2) is 35.2 Å². The highest BCUT2D eigenvalue weighted by molar-refractivity contribution is 5.58. The maximum Gasteiger partial charge on any atom is 0.258 e. The summed E-state index contributed by atoms with van der Waals surface area (Å²) in [4.78, 5) is 19.7. The zero-order chi connectivity index (χ0) is 18.6. The summed E-state index contributed by atoms with van der Waals surface area (Å²) in [5.41, 5.74) is 1.95. The van der Waals surface area contributed by atoms with Crippen molar-refractivity contribution >= 4 is 11.6 Å². The molecular weight excluding hydrogens is 342 g/mol. The molecule has 1 aliphatic heterocycles. The van der Waals surface area contributed by atoms with E-state index in [-0.39, 0.29) is 0 Å². The normalized spacial score (nSPS) is 15.1. The number of hydrogen-bond acceptors (Lipinski definition) is 8. The maximum absolute atomic E-state index is 5.24. The molecule has 0 radical (unpaired) electrons. The minimum atomic E-state index is 0.376. The Labute approximate surface area is 158 Å². The molecule has 3 aromatic heterocycles. The third kappa shape index (κ3) is 4.05. The first-order valence-electron chi connectivity index (χ1n) is 9.30. The fraction of sp³-hybridized carbons (Fsp3) is 0.421. The van der Waals surface area contributed by atoms with Gasteiger partial charge in [0.1, 0.15) is 18.0 Å². The molecule has 0 aromatic carbocycles. The molecule has 27 heavy (non-hydrogen) atoms. The van der Waals surface area contributed by atoms with Crippen molar-refractivity contribution in [3.05, 3.63) is 42.2 Å². The van der Waals surface area contributed by atoms with Crippen molar-refractivity contribution < 1.29 is 4.52 Å². The second kappa shape index (κ2) is 7.69. The van der Waals surface area contributed by atoms with Crippen molar-refractivity contribution in [3.8, 4) is 11.5 Å². The SMILES string of the molecule is CCc1cc(N2CCC(Nc3cc(-c4nc(C)no4)ccn3)CC2)ncn1. The van der Waals surface area contributed by atoms with Crippen LogP contribution in [0, 0.1) is 6.92 Å². The van der Waals surface area contributed by atoms with Crippen LogP contribution in [0.4, 0.5) is 11.6 Å². The average Bonchev–Trinajstić information content (AvgIpc) is 3.15. The van der Waals surface area contributed by atoms with Crippen LogP contribution in [0.5, 0.6) is 0 Å². The van der Waals surface area contributed by atoms with Crippen LogP contribution in [-0.4, -0.2) is 44.2 Å². The smallest absolute Gasteiger partial charge is 0.258 e. The van der Waals surface area contributed by atoms with Crippen molar-refractivity contribution in [3.63, 3.8) is 0 Å². The maximum atomic E-state index is 5.24. The summed E-state index contributed by atoms with van der Waals surface area (Å²) < 4.78 is 5.24. The highest BCUT2D eigenvalue weighted by atomic mass is 16.5. The lowest BCUT2D eigenvalue weighted by atomic mass is 10.0. The molecule has 1 fully saturated rings. The Morgan fingerprint density at radius 1 is 1.19 bits per heavy atom. The summed E-state index contributed by atoms with van der Waals surface area (Å²) in [6, 6.07) is 6.30. The first-order valence-corrected chi connectivity index (χ1v) is 9.30. The number of hydrogen-bond donors (Lipinski definition) is 1. The van der Waals surface area contributed by atoms with Gasteiger partial charge >= 0.3 is 0 Å². The standard InChI is InChI=1S/C19H23N7O/c1-3-15-11-18(22-12-21-15)26-8-5-16(6-9-26)24-17-10-14(4-7-20-17)19-23-13(2)25-27-19/h4,7,10-12,16H,3,5-6,8-9H2,1-2H3,(H,20,24). The van der Waals surface area contributed by atoms with E-state index in [1.807, 2.05) is 19.1 Å². The van der Waals surface area contributed by atoms with Crippen molar-refractivity contribution in [2.45, 2.75) is 39.2 Å². The van der Waals surface area contributed by atoms with Gasteiger partial charge in [0.25, 0.3) is 5.89 Å². The lowest BCUT2D eigenvalue weighted by Gasteiger charge is -2.33. The van der Waals surface area contributed by atoms with E-state index in [4.69, 9.17) is 4.52 Å². The van der Waals surface area contributed by atoms with Crippen LogP contribution in [-0.2, 0) is 6.42 Å². The molecule has 4 heterocycles. The molecule has 140 valence electrons. The Morgan fingerprint density at radius 2 is 2.04 bits per heavy atom. The van der Waals surface area contributed by atoms with Gasteiger partial charge in [-0.15, -0.1) is 0 Å². The van der Waals surface area contributed by atoms with Crippen molar-refractivity contribution in [1.29, 1.82) is 0 Å². The first kappa shape index (κ1) is 17.4. The number of pyridine rings is 1. The lowest BCUT2D eigenvalue weighted by molar-refractivity contribution is 0.425. The average molecular weight is 365 g/mol. The Kier molecular flexibility index (Phi) is 4.95. The van der Waals surface area contributed by atoms with Crippen LogP contribution in [0.1, 0.15) is 31.3 Å². The summed E-state index contributed by atoms with van der Waals surface area (Å²) in [6.45, 7) is 5.84. The molecule has 0 atom stereocenters. The topological polar surface area (TPSA) is 92.9 Å². The number of aromatic nitrogens is 5. The molecule has 0 spiro atoms. The Hall–Kier alpha value is -3.03. The van der Waals surface area contributed by atoms with Gasteiger partial charge in [-0.25, -0.2) is 15.0 Å². The molecule has 3 aromatic rings. The van der Waals surface area contributed by atoms with Gasteiger partial charge in [0, 0.05) is 42.7 Å². The fourth-order valence-electron chi connectivity index (χ4n) is 3.27. The van der Waals surface area contributed by atoms with Gasteiger partial charge in [0.05, 0.1) is 0 Å². The molecule has 1 N–H and O–H groups in total. The van der Waals surface area contributed by atoms with E-state index >= 15 is 0 Å². The van der Waals surface area contributed by atoms with E-state index in [1.165, 1.54) is 0 Å². The summed E-state index contributed by atoms with van der Waals surface area (Å²) in [6.07, 6.45) is 6.40.